The Bertz CT molecular complexity index is 608. The van der Waals surface area contributed by atoms with Crippen LogP contribution in [0.15, 0.2) is 18.3 Å². The minimum atomic E-state index is -0.511. The number of hydroxylamine groups is 1. The minimum absolute atomic E-state index is 0.0327. The predicted octanol–water partition coefficient (Wildman–Crippen LogP) is 1.18. The van der Waals surface area contributed by atoms with Crippen molar-refractivity contribution in [1.29, 1.82) is 0 Å². The molecule has 0 aromatic carbocycles. The van der Waals surface area contributed by atoms with E-state index >= 15 is 0 Å². The maximum atomic E-state index is 11.1. The lowest BCUT2D eigenvalue weighted by molar-refractivity contribution is -0.127. The number of aryl methyl sites for hydroxylation is 1. The second-order valence-corrected chi connectivity index (χ2v) is 4.59. The Morgan fingerprint density at radius 2 is 2.30 bits per heavy atom. The predicted molar refractivity (Wildman–Crippen MR) is 76.6 cm³/mol. The number of aromatic nitrogens is 2. The summed E-state index contributed by atoms with van der Waals surface area (Å²) in [5.74, 6) is 0.135. The Morgan fingerprint density at radius 1 is 1.50 bits per heavy atom. The van der Waals surface area contributed by atoms with Gasteiger partial charge in [-0.1, -0.05) is 13.3 Å². The third-order valence-corrected chi connectivity index (χ3v) is 3.05. The fraction of sp³-hybridized carbons (Fsp3) is 0.385. The molecule has 0 unspecified atom stereocenters. The lowest BCUT2D eigenvalue weighted by Crippen LogP contribution is -2.27. The Labute approximate surface area is 116 Å². The fourth-order valence-corrected chi connectivity index (χ4v) is 2.04. The Balaban J connectivity index is 2.33. The number of hydrogen-bond acceptors (Lipinski definition) is 5. The number of pyridine rings is 1. The molecule has 0 fully saturated rings. The SMILES string of the molecule is CCCCc1c(NCC(=O)NO)nc2ccc(N)cn12. The first-order chi connectivity index (χ1) is 9.65. The monoisotopic (exact) mass is 277 g/mol. The molecular weight excluding hydrogens is 258 g/mol. The van der Waals surface area contributed by atoms with Crippen LogP contribution in [0.3, 0.4) is 0 Å². The van der Waals surface area contributed by atoms with Crippen molar-refractivity contribution in [3.05, 3.63) is 24.0 Å². The molecule has 0 atom stereocenters. The summed E-state index contributed by atoms with van der Waals surface area (Å²) >= 11 is 0. The number of nitrogens with one attached hydrogen (secondary N) is 2. The number of nitrogen functional groups attached to an aromatic ring is 1. The molecule has 0 aliphatic heterocycles. The molecule has 5 N–H and O–H groups in total. The maximum Gasteiger partial charge on any atom is 0.262 e. The molecule has 2 aromatic heterocycles. The van der Waals surface area contributed by atoms with Crippen molar-refractivity contribution in [2.45, 2.75) is 26.2 Å². The van der Waals surface area contributed by atoms with E-state index < -0.39 is 5.91 Å². The van der Waals surface area contributed by atoms with Gasteiger partial charge in [0.25, 0.3) is 5.91 Å². The van der Waals surface area contributed by atoms with Gasteiger partial charge in [0.05, 0.1) is 12.2 Å². The van der Waals surface area contributed by atoms with Crippen LogP contribution in [-0.2, 0) is 11.2 Å². The highest BCUT2D eigenvalue weighted by atomic mass is 16.5. The number of fused-ring (bicyclic) bond motifs is 1. The average molecular weight is 277 g/mol. The summed E-state index contributed by atoms with van der Waals surface area (Å²) in [4.78, 5) is 15.5. The summed E-state index contributed by atoms with van der Waals surface area (Å²) in [5.41, 5.74) is 9.81. The smallest absolute Gasteiger partial charge is 0.262 e. The highest BCUT2D eigenvalue weighted by Crippen LogP contribution is 2.21. The Hall–Kier alpha value is -2.28. The van der Waals surface area contributed by atoms with E-state index in [0.717, 1.165) is 30.6 Å². The highest BCUT2D eigenvalue weighted by molar-refractivity contribution is 5.79. The molecular formula is C13H19N5O2. The number of amides is 1. The van der Waals surface area contributed by atoms with Gasteiger partial charge in [-0.05, 0) is 25.0 Å². The molecule has 0 radical (unpaired) electrons. The molecule has 7 heteroatoms. The van der Waals surface area contributed by atoms with Gasteiger partial charge >= 0.3 is 0 Å². The Morgan fingerprint density at radius 3 is 3.00 bits per heavy atom. The fourth-order valence-electron chi connectivity index (χ4n) is 2.04. The normalized spacial score (nSPS) is 10.7. The van der Waals surface area contributed by atoms with Crippen LogP contribution in [0.25, 0.3) is 5.65 Å². The van der Waals surface area contributed by atoms with Crippen LogP contribution in [0, 0.1) is 0 Å². The quantitative estimate of drug-likeness (QED) is 0.469. The summed E-state index contributed by atoms with van der Waals surface area (Å²) in [6, 6.07) is 3.62. The van der Waals surface area contributed by atoms with Gasteiger partial charge < -0.3 is 11.1 Å². The minimum Gasteiger partial charge on any atom is -0.398 e. The van der Waals surface area contributed by atoms with Crippen LogP contribution >= 0.6 is 0 Å². The number of hydrogen-bond donors (Lipinski definition) is 4. The third-order valence-electron chi connectivity index (χ3n) is 3.05. The van der Waals surface area contributed by atoms with E-state index in [-0.39, 0.29) is 6.54 Å². The van der Waals surface area contributed by atoms with Crippen molar-refractivity contribution in [3.8, 4) is 0 Å². The number of imidazole rings is 1. The molecule has 0 spiro atoms. The van der Waals surface area contributed by atoms with E-state index in [9.17, 15) is 4.79 Å². The topological polar surface area (TPSA) is 105 Å². The Kier molecular flexibility index (Phi) is 4.41. The molecule has 2 rings (SSSR count). The van der Waals surface area contributed by atoms with Crippen molar-refractivity contribution in [2.24, 2.45) is 0 Å². The van der Waals surface area contributed by atoms with Crippen molar-refractivity contribution >= 4 is 23.1 Å². The van der Waals surface area contributed by atoms with Crippen LogP contribution < -0.4 is 16.5 Å². The third kappa shape index (κ3) is 3.00. The summed E-state index contributed by atoms with van der Waals surface area (Å²) in [7, 11) is 0. The lowest BCUT2D eigenvalue weighted by Gasteiger charge is -2.06. The molecule has 0 aliphatic rings. The molecule has 7 nitrogen and oxygen atoms in total. The van der Waals surface area contributed by atoms with E-state index in [1.807, 2.05) is 16.7 Å². The van der Waals surface area contributed by atoms with E-state index in [0.29, 0.717) is 11.5 Å². The van der Waals surface area contributed by atoms with E-state index in [1.54, 1.807) is 11.5 Å². The van der Waals surface area contributed by atoms with Crippen molar-refractivity contribution in [3.63, 3.8) is 0 Å². The van der Waals surface area contributed by atoms with Gasteiger partial charge in [-0.15, -0.1) is 0 Å². The molecule has 0 saturated carbocycles. The van der Waals surface area contributed by atoms with Gasteiger partial charge in [0, 0.05) is 11.9 Å². The molecule has 108 valence electrons. The molecule has 0 saturated heterocycles. The second kappa shape index (κ2) is 6.25. The lowest BCUT2D eigenvalue weighted by atomic mass is 10.2. The summed E-state index contributed by atoms with van der Waals surface area (Å²) < 4.78 is 1.93. The summed E-state index contributed by atoms with van der Waals surface area (Å²) in [6.07, 6.45) is 4.74. The summed E-state index contributed by atoms with van der Waals surface area (Å²) in [6.45, 7) is 2.08. The van der Waals surface area contributed by atoms with E-state index in [2.05, 4.69) is 17.2 Å². The average Bonchev–Trinajstić information content (AvgIpc) is 2.79. The molecule has 0 bridgehead atoms. The van der Waals surface area contributed by atoms with Crippen molar-refractivity contribution < 1.29 is 10.0 Å². The maximum absolute atomic E-state index is 11.1. The van der Waals surface area contributed by atoms with Crippen LogP contribution in [0.2, 0.25) is 0 Å². The molecule has 2 aromatic rings. The van der Waals surface area contributed by atoms with Crippen LogP contribution in [0.5, 0.6) is 0 Å². The number of nitrogens with zero attached hydrogens (tertiary/aromatic N) is 2. The molecule has 20 heavy (non-hydrogen) atoms. The highest BCUT2D eigenvalue weighted by Gasteiger charge is 2.12. The molecule has 1 amide bonds. The van der Waals surface area contributed by atoms with Gasteiger partial charge in [-0.25, -0.2) is 10.5 Å². The number of anilines is 2. The standard InChI is InChI=1S/C13H19N5O2/c1-2-3-4-10-13(15-7-12(19)17-20)16-11-6-5-9(14)8-18(10)11/h5-6,8,15,20H,2-4,7,14H2,1H3,(H,17,19). The van der Waals surface area contributed by atoms with Crippen LogP contribution in [0.4, 0.5) is 11.5 Å². The first-order valence-corrected chi connectivity index (χ1v) is 6.59. The second-order valence-electron chi connectivity index (χ2n) is 4.59. The van der Waals surface area contributed by atoms with E-state index in [1.165, 1.54) is 0 Å². The van der Waals surface area contributed by atoms with Gasteiger partial charge in [0.2, 0.25) is 0 Å². The van der Waals surface area contributed by atoms with Crippen molar-refractivity contribution in [2.75, 3.05) is 17.6 Å². The van der Waals surface area contributed by atoms with Crippen LogP contribution in [0.1, 0.15) is 25.5 Å². The number of nitrogens with two attached hydrogens (primary N) is 1. The zero-order valence-corrected chi connectivity index (χ0v) is 11.4. The largest absolute Gasteiger partial charge is 0.398 e. The first-order valence-electron chi connectivity index (χ1n) is 6.59. The number of carbonyl (C=O) groups excluding carboxylic acids is 1. The van der Waals surface area contributed by atoms with Gasteiger partial charge in [-0.3, -0.25) is 14.4 Å². The number of rotatable bonds is 6. The number of unbranched alkanes of at least 4 members (excludes halogenated alkanes) is 1. The zero-order valence-electron chi connectivity index (χ0n) is 11.4. The molecule has 2 heterocycles. The van der Waals surface area contributed by atoms with Gasteiger partial charge in [0.1, 0.15) is 11.5 Å². The first kappa shape index (κ1) is 14.1. The van der Waals surface area contributed by atoms with Gasteiger partial charge in [-0.2, -0.15) is 0 Å². The number of carbonyl (C=O) groups is 1. The zero-order chi connectivity index (χ0) is 14.5. The summed E-state index contributed by atoms with van der Waals surface area (Å²) in [5, 5.41) is 11.5. The van der Waals surface area contributed by atoms with E-state index in [4.69, 9.17) is 10.9 Å². The molecule has 0 aliphatic carbocycles. The van der Waals surface area contributed by atoms with Crippen LogP contribution in [-0.4, -0.2) is 27.0 Å². The van der Waals surface area contributed by atoms with Crippen molar-refractivity contribution in [1.82, 2.24) is 14.9 Å². The van der Waals surface area contributed by atoms with Gasteiger partial charge in [0.15, 0.2) is 0 Å².